The second-order valence-electron chi connectivity index (χ2n) is 7.51. The summed E-state index contributed by atoms with van der Waals surface area (Å²) in [4.78, 5) is 29.0. The minimum absolute atomic E-state index is 0.0386. The van der Waals surface area contributed by atoms with E-state index >= 15 is 0 Å². The topological polar surface area (TPSA) is 57.5 Å². The van der Waals surface area contributed by atoms with Gasteiger partial charge in [-0.1, -0.05) is 6.92 Å². The maximum atomic E-state index is 13.3. The Balaban J connectivity index is 1.55. The van der Waals surface area contributed by atoms with Crippen LogP contribution in [0.15, 0.2) is 24.5 Å². The standard InChI is InChI=1S/C20H28N6O/c1-4-17-18-6-5-7-24(18)12-13-26(17)19(27)16-14-21-20(22-15(16)2)25-10-8-23(3)9-11-25/h5-7,14,17H,4,8-13H2,1-3H3/t17-/m0/s1. The summed E-state index contributed by atoms with van der Waals surface area (Å²) in [5, 5.41) is 0. The van der Waals surface area contributed by atoms with E-state index in [0.29, 0.717) is 5.56 Å². The van der Waals surface area contributed by atoms with Crippen LogP contribution in [-0.4, -0.2) is 70.0 Å². The van der Waals surface area contributed by atoms with Gasteiger partial charge in [0.25, 0.3) is 5.91 Å². The largest absolute Gasteiger partial charge is 0.348 e. The first-order valence-electron chi connectivity index (χ1n) is 9.81. The van der Waals surface area contributed by atoms with Gasteiger partial charge in [0, 0.05) is 57.4 Å². The Kier molecular flexibility index (Phi) is 4.86. The van der Waals surface area contributed by atoms with Gasteiger partial charge in [0.1, 0.15) is 0 Å². The third kappa shape index (κ3) is 3.32. The van der Waals surface area contributed by atoms with E-state index in [0.717, 1.165) is 57.3 Å². The fourth-order valence-corrected chi connectivity index (χ4v) is 4.12. The van der Waals surface area contributed by atoms with Crippen molar-refractivity contribution in [3.8, 4) is 0 Å². The van der Waals surface area contributed by atoms with E-state index in [-0.39, 0.29) is 11.9 Å². The molecule has 0 radical (unpaired) electrons. The summed E-state index contributed by atoms with van der Waals surface area (Å²) in [6.45, 7) is 9.47. The molecule has 1 atom stereocenters. The van der Waals surface area contributed by atoms with Crippen LogP contribution < -0.4 is 4.90 Å². The Bertz CT molecular complexity index is 824. The number of piperazine rings is 1. The molecule has 2 aliphatic rings. The van der Waals surface area contributed by atoms with Crippen molar-refractivity contribution in [2.24, 2.45) is 0 Å². The molecule has 0 aliphatic carbocycles. The van der Waals surface area contributed by atoms with Crippen molar-refractivity contribution in [3.63, 3.8) is 0 Å². The fourth-order valence-electron chi connectivity index (χ4n) is 4.12. The van der Waals surface area contributed by atoms with E-state index in [2.05, 4.69) is 56.6 Å². The van der Waals surface area contributed by atoms with Crippen LogP contribution in [0.25, 0.3) is 0 Å². The highest BCUT2D eigenvalue weighted by atomic mass is 16.2. The summed E-state index contributed by atoms with van der Waals surface area (Å²) in [7, 11) is 2.13. The van der Waals surface area contributed by atoms with Crippen molar-refractivity contribution in [3.05, 3.63) is 41.5 Å². The number of aromatic nitrogens is 3. The SMILES string of the molecule is CC[C@H]1c2cccn2CCN1C(=O)c1cnc(N2CCN(C)CC2)nc1C. The number of amides is 1. The van der Waals surface area contributed by atoms with Gasteiger partial charge in [0.2, 0.25) is 5.95 Å². The summed E-state index contributed by atoms with van der Waals surface area (Å²) in [6, 6.07) is 4.29. The van der Waals surface area contributed by atoms with Crippen molar-refractivity contribution in [2.45, 2.75) is 32.9 Å². The number of aryl methyl sites for hydroxylation is 1. The lowest BCUT2D eigenvalue weighted by molar-refractivity contribution is 0.0616. The quantitative estimate of drug-likeness (QED) is 0.829. The molecule has 27 heavy (non-hydrogen) atoms. The number of carbonyl (C=O) groups excluding carboxylic acids is 1. The van der Waals surface area contributed by atoms with E-state index < -0.39 is 0 Å². The Morgan fingerprint density at radius 2 is 1.96 bits per heavy atom. The van der Waals surface area contributed by atoms with Gasteiger partial charge in [-0.2, -0.15) is 0 Å². The monoisotopic (exact) mass is 368 g/mol. The average Bonchev–Trinajstić information content (AvgIpc) is 3.16. The van der Waals surface area contributed by atoms with Gasteiger partial charge in [-0.3, -0.25) is 4.79 Å². The molecule has 4 heterocycles. The molecule has 2 aliphatic heterocycles. The van der Waals surface area contributed by atoms with E-state index in [4.69, 9.17) is 0 Å². The maximum absolute atomic E-state index is 13.3. The summed E-state index contributed by atoms with van der Waals surface area (Å²) >= 11 is 0. The zero-order valence-corrected chi connectivity index (χ0v) is 16.4. The van der Waals surface area contributed by atoms with E-state index in [1.54, 1.807) is 6.20 Å². The molecular formula is C20H28N6O. The summed E-state index contributed by atoms with van der Waals surface area (Å²) in [5.74, 6) is 0.772. The third-order valence-corrected chi connectivity index (χ3v) is 5.79. The van der Waals surface area contributed by atoms with Gasteiger partial charge in [-0.25, -0.2) is 9.97 Å². The molecule has 7 heteroatoms. The zero-order chi connectivity index (χ0) is 19.0. The molecule has 2 aromatic rings. The molecule has 2 aromatic heterocycles. The van der Waals surface area contributed by atoms with E-state index in [1.807, 2.05) is 11.8 Å². The van der Waals surface area contributed by atoms with Crippen LogP contribution in [0.2, 0.25) is 0 Å². The number of anilines is 1. The molecule has 0 spiro atoms. The Labute approximate surface area is 160 Å². The van der Waals surface area contributed by atoms with E-state index in [1.165, 1.54) is 5.69 Å². The maximum Gasteiger partial charge on any atom is 0.257 e. The molecule has 0 N–H and O–H groups in total. The van der Waals surface area contributed by atoms with Gasteiger partial charge in [0.15, 0.2) is 0 Å². The van der Waals surface area contributed by atoms with Gasteiger partial charge >= 0.3 is 0 Å². The average molecular weight is 368 g/mol. The number of hydrogen-bond donors (Lipinski definition) is 0. The molecule has 0 saturated carbocycles. The number of nitrogens with zero attached hydrogens (tertiary/aromatic N) is 6. The first kappa shape index (κ1) is 18.0. The number of hydrogen-bond acceptors (Lipinski definition) is 5. The predicted molar refractivity (Wildman–Crippen MR) is 105 cm³/mol. The van der Waals surface area contributed by atoms with Crippen molar-refractivity contribution in [1.82, 2.24) is 24.3 Å². The lowest BCUT2D eigenvalue weighted by Gasteiger charge is -2.37. The van der Waals surface area contributed by atoms with Gasteiger partial charge < -0.3 is 19.3 Å². The number of fused-ring (bicyclic) bond motifs is 1. The summed E-state index contributed by atoms with van der Waals surface area (Å²) in [6.07, 6.45) is 4.72. The molecule has 7 nitrogen and oxygen atoms in total. The number of likely N-dealkylation sites (N-methyl/N-ethyl adjacent to an activating group) is 1. The fraction of sp³-hybridized carbons (Fsp3) is 0.550. The van der Waals surface area contributed by atoms with Crippen LogP contribution in [0.5, 0.6) is 0 Å². The minimum Gasteiger partial charge on any atom is -0.348 e. The Morgan fingerprint density at radius 3 is 2.67 bits per heavy atom. The molecule has 1 amide bonds. The molecule has 144 valence electrons. The normalized spacial score (nSPS) is 20.6. The zero-order valence-electron chi connectivity index (χ0n) is 16.4. The van der Waals surface area contributed by atoms with Crippen molar-refractivity contribution >= 4 is 11.9 Å². The lowest BCUT2D eigenvalue weighted by atomic mass is 10.0. The first-order valence-corrected chi connectivity index (χ1v) is 9.81. The summed E-state index contributed by atoms with van der Waals surface area (Å²) in [5.41, 5.74) is 2.59. The molecule has 1 fully saturated rings. The molecule has 1 saturated heterocycles. The number of carbonyl (C=O) groups is 1. The Hall–Kier alpha value is -2.41. The highest BCUT2D eigenvalue weighted by Crippen LogP contribution is 2.30. The second kappa shape index (κ2) is 7.31. The van der Waals surface area contributed by atoms with Crippen molar-refractivity contribution < 1.29 is 4.79 Å². The summed E-state index contributed by atoms with van der Waals surface area (Å²) < 4.78 is 2.25. The molecular weight excluding hydrogens is 340 g/mol. The van der Waals surface area contributed by atoms with Crippen molar-refractivity contribution in [2.75, 3.05) is 44.7 Å². The van der Waals surface area contributed by atoms with Gasteiger partial charge in [-0.15, -0.1) is 0 Å². The smallest absolute Gasteiger partial charge is 0.257 e. The highest BCUT2D eigenvalue weighted by molar-refractivity contribution is 5.95. The van der Waals surface area contributed by atoms with Crippen LogP contribution in [0.3, 0.4) is 0 Å². The van der Waals surface area contributed by atoms with E-state index in [9.17, 15) is 4.79 Å². The lowest BCUT2D eigenvalue weighted by Crippen LogP contribution is -2.45. The van der Waals surface area contributed by atoms with Crippen LogP contribution in [-0.2, 0) is 6.54 Å². The second-order valence-corrected chi connectivity index (χ2v) is 7.51. The highest BCUT2D eigenvalue weighted by Gasteiger charge is 2.31. The van der Waals surface area contributed by atoms with Crippen molar-refractivity contribution in [1.29, 1.82) is 0 Å². The predicted octanol–water partition coefficient (Wildman–Crippen LogP) is 1.95. The van der Waals surface area contributed by atoms with Gasteiger partial charge in [0.05, 0.1) is 17.3 Å². The van der Waals surface area contributed by atoms with Crippen LogP contribution in [0.4, 0.5) is 5.95 Å². The molecule has 0 unspecified atom stereocenters. The minimum atomic E-state index is 0.0386. The third-order valence-electron chi connectivity index (χ3n) is 5.79. The van der Waals surface area contributed by atoms with Gasteiger partial charge in [-0.05, 0) is 32.5 Å². The first-order chi connectivity index (χ1) is 13.1. The van der Waals surface area contributed by atoms with Crippen LogP contribution >= 0.6 is 0 Å². The molecule has 0 bridgehead atoms. The molecule has 4 rings (SSSR count). The Morgan fingerprint density at radius 1 is 1.19 bits per heavy atom. The number of rotatable bonds is 3. The van der Waals surface area contributed by atoms with Crippen LogP contribution in [0.1, 0.15) is 41.1 Å². The van der Waals surface area contributed by atoms with Crippen LogP contribution in [0, 0.1) is 6.92 Å². The molecule has 0 aromatic carbocycles.